The number of nitrogens with zero attached hydrogens (tertiary/aromatic N) is 4. The van der Waals surface area contributed by atoms with E-state index in [1.165, 1.54) is 6.07 Å². The maximum absolute atomic E-state index is 13.1. The fourth-order valence-electron chi connectivity index (χ4n) is 4.39. The van der Waals surface area contributed by atoms with Crippen LogP contribution in [0.2, 0.25) is 5.02 Å². The topological polar surface area (TPSA) is 115 Å². The van der Waals surface area contributed by atoms with Crippen molar-refractivity contribution in [3.05, 3.63) is 53.1 Å². The fraction of sp³-hybridized carbons (Fsp3) is 0.391. The summed E-state index contributed by atoms with van der Waals surface area (Å²) in [5.41, 5.74) is 8.08. The lowest BCUT2D eigenvalue weighted by Crippen LogP contribution is -2.45. The van der Waals surface area contributed by atoms with Crippen LogP contribution in [0.15, 0.2) is 51.8 Å². The summed E-state index contributed by atoms with van der Waals surface area (Å²) in [7, 11) is -3.63. The van der Waals surface area contributed by atoms with E-state index in [4.69, 9.17) is 26.5 Å². The van der Waals surface area contributed by atoms with Crippen LogP contribution in [-0.4, -0.2) is 69.2 Å². The Morgan fingerprint density at radius 3 is 2.67 bits per heavy atom. The first kappa shape index (κ1) is 24.9. The van der Waals surface area contributed by atoms with Crippen LogP contribution < -0.4 is 15.5 Å². The Morgan fingerprint density at radius 1 is 1.14 bits per heavy atom. The van der Waals surface area contributed by atoms with Crippen LogP contribution in [0.1, 0.15) is 5.56 Å². The molecule has 192 valence electrons. The number of alkyl halides is 2. The highest BCUT2D eigenvalue weighted by atomic mass is 35.5. The van der Waals surface area contributed by atoms with Gasteiger partial charge in [0.25, 0.3) is 6.43 Å². The summed E-state index contributed by atoms with van der Waals surface area (Å²) in [6.07, 6.45) is -3.86. The number of sulfone groups is 1. The number of ether oxygens (including phenoxy) is 1. The number of aromatic nitrogens is 2. The predicted molar refractivity (Wildman–Crippen MR) is 130 cm³/mol. The van der Waals surface area contributed by atoms with Crippen LogP contribution in [-0.2, 0) is 21.1 Å². The van der Waals surface area contributed by atoms with Crippen molar-refractivity contribution in [1.29, 1.82) is 0 Å². The molecule has 0 saturated carbocycles. The van der Waals surface area contributed by atoms with Crippen molar-refractivity contribution in [2.45, 2.75) is 30.0 Å². The molecule has 9 nitrogen and oxygen atoms in total. The molecule has 1 unspecified atom stereocenters. The molecule has 1 aromatic heterocycles. The summed E-state index contributed by atoms with van der Waals surface area (Å²) in [6.45, 7) is 1.10. The zero-order valence-corrected chi connectivity index (χ0v) is 20.6. The fourth-order valence-corrected chi connectivity index (χ4v) is 6.14. The van der Waals surface area contributed by atoms with E-state index in [1.807, 2.05) is 17.0 Å². The molecule has 1 fully saturated rings. The van der Waals surface area contributed by atoms with E-state index in [-0.39, 0.29) is 35.7 Å². The second-order valence-electron chi connectivity index (χ2n) is 8.81. The van der Waals surface area contributed by atoms with Crippen LogP contribution in [0, 0.1) is 0 Å². The highest BCUT2D eigenvalue weighted by Crippen LogP contribution is 2.35. The minimum atomic E-state index is -3.63. The molecule has 2 N–H and O–H groups in total. The molecule has 0 bridgehead atoms. The minimum Gasteiger partial charge on any atom is -0.403 e. The Kier molecular flexibility index (Phi) is 6.86. The van der Waals surface area contributed by atoms with Gasteiger partial charge in [-0.25, -0.2) is 17.2 Å². The van der Waals surface area contributed by atoms with Gasteiger partial charge in [-0.05, 0) is 35.9 Å². The quantitative estimate of drug-likeness (QED) is 0.522. The van der Waals surface area contributed by atoms with Gasteiger partial charge >= 0.3 is 6.01 Å². The van der Waals surface area contributed by atoms with E-state index in [2.05, 4.69) is 10.2 Å². The highest BCUT2D eigenvalue weighted by molar-refractivity contribution is 7.91. The van der Waals surface area contributed by atoms with Crippen LogP contribution in [0.5, 0.6) is 0 Å². The number of benzene rings is 2. The monoisotopic (exact) mass is 539 g/mol. The lowest BCUT2D eigenvalue weighted by molar-refractivity contribution is -0.0622. The number of rotatable bonds is 5. The molecule has 2 aliphatic rings. The molecule has 2 atom stereocenters. The molecular formula is C23H24ClF2N5O4S. The van der Waals surface area contributed by atoms with Crippen molar-refractivity contribution in [3.63, 3.8) is 0 Å². The Labute approximate surface area is 211 Å². The summed E-state index contributed by atoms with van der Waals surface area (Å²) >= 11 is 6.01. The Morgan fingerprint density at radius 2 is 1.92 bits per heavy atom. The Balaban J connectivity index is 1.48. The summed E-state index contributed by atoms with van der Waals surface area (Å²) in [5, 5.41) is 8.70. The molecule has 2 aliphatic heterocycles. The third-order valence-electron chi connectivity index (χ3n) is 6.12. The van der Waals surface area contributed by atoms with Crippen molar-refractivity contribution >= 4 is 33.1 Å². The number of morpholine rings is 1. The van der Waals surface area contributed by atoms with E-state index in [0.717, 1.165) is 5.56 Å². The number of anilines is 2. The smallest absolute Gasteiger partial charge is 0.318 e. The van der Waals surface area contributed by atoms with E-state index in [0.29, 0.717) is 35.9 Å². The first-order valence-electron chi connectivity index (χ1n) is 11.3. The van der Waals surface area contributed by atoms with Gasteiger partial charge in [-0.3, -0.25) is 0 Å². The molecule has 3 aromatic rings. The van der Waals surface area contributed by atoms with Gasteiger partial charge in [0.15, 0.2) is 9.84 Å². The van der Waals surface area contributed by atoms with Gasteiger partial charge in [0.05, 0.1) is 29.5 Å². The number of hydrogen-bond acceptors (Lipinski definition) is 9. The van der Waals surface area contributed by atoms with Gasteiger partial charge in [-0.2, -0.15) is 0 Å². The van der Waals surface area contributed by atoms with Gasteiger partial charge in [-0.15, -0.1) is 5.10 Å². The van der Waals surface area contributed by atoms with Crippen molar-refractivity contribution in [2.24, 2.45) is 5.73 Å². The van der Waals surface area contributed by atoms with Gasteiger partial charge in [0.2, 0.25) is 5.89 Å². The maximum atomic E-state index is 13.1. The molecule has 36 heavy (non-hydrogen) atoms. The van der Waals surface area contributed by atoms with E-state index in [9.17, 15) is 17.2 Å². The van der Waals surface area contributed by atoms with Crippen LogP contribution in [0.3, 0.4) is 0 Å². The van der Waals surface area contributed by atoms with E-state index in [1.54, 1.807) is 29.2 Å². The summed E-state index contributed by atoms with van der Waals surface area (Å²) < 4.78 is 63.1. The number of halogens is 3. The number of hydrogen-bond donors (Lipinski definition) is 1. The molecule has 0 radical (unpaired) electrons. The van der Waals surface area contributed by atoms with Crippen LogP contribution in [0.4, 0.5) is 20.5 Å². The molecule has 3 heterocycles. The van der Waals surface area contributed by atoms with E-state index < -0.39 is 28.4 Å². The Hall–Kier alpha value is -2.80. The molecule has 13 heteroatoms. The normalized spacial score (nSPS) is 21.9. The predicted octanol–water partition coefficient (Wildman–Crippen LogP) is 2.98. The average Bonchev–Trinajstić information content (AvgIpc) is 3.31. The van der Waals surface area contributed by atoms with Gasteiger partial charge in [0, 0.05) is 36.3 Å². The van der Waals surface area contributed by atoms with Crippen molar-refractivity contribution in [1.82, 2.24) is 10.2 Å². The zero-order valence-electron chi connectivity index (χ0n) is 19.1. The average molecular weight is 540 g/mol. The second kappa shape index (κ2) is 9.92. The summed E-state index contributed by atoms with van der Waals surface area (Å²) in [5.74, 6) is -0.0333. The van der Waals surface area contributed by atoms with Crippen molar-refractivity contribution < 1.29 is 26.4 Å². The number of fused-ring (bicyclic) bond motifs is 1. The second-order valence-corrected chi connectivity index (χ2v) is 11.2. The third-order valence-corrected chi connectivity index (χ3v) is 8.25. The zero-order chi connectivity index (χ0) is 25.4. The lowest BCUT2D eigenvalue weighted by Gasteiger charge is -2.30. The number of nitrogens with two attached hydrogens (primary N) is 1. The molecule has 0 spiro atoms. The standard InChI is InChI=1S/C23H24ClF2N5O4S/c24-16-4-1-14(2-5-16)10-31-11-17(27)13-36(32,33)20-6-3-15(9-18(20)31)22-28-29-23(35-22)30-7-8-34-19(12-30)21(25)26/h1-6,9,17,19,21H,7-8,10-13,27H2/t17-,19?/m1/s1. The molecule has 1 saturated heterocycles. The highest BCUT2D eigenvalue weighted by Gasteiger charge is 2.32. The van der Waals surface area contributed by atoms with Gasteiger partial charge in [-0.1, -0.05) is 28.8 Å². The first-order valence-corrected chi connectivity index (χ1v) is 13.3. The summed E-state index contributed by atoms with van der Waals surface area (Å²) in [6, 6.07) is 11.6. The first-order chi connectivity index (χ1) is 17.2. The van der Waals surface area contributed by atoms with Crippen LogP contribution in [0.25, 0.3) is 11.5 Å². The molecule has 5 rings (SSSR count). The van der Waals surface area contributed by atoms with Crippen molar-refractivity contribution in [2.75, 3.05) is 41.8 Å². The van der Waals surface area contributed by atoms with Crippen LogP contribution >= 0.6 is 11.6 Å². The molecule has 2 aromatic carbocycles. The van der Waals surface area contributed by atoms with Crippen molar-refractivity contribution in [3.8, 4) is 11.5 Å². The van der Waals surface area contributed by atoms with E-state index >= 15 is 0 Å². The Bertz CT molecular complexity index is 1340. The molecule has 0 amide bonds. The third kappa shape index (κ3) is 5.17. The molecule has 0 aliphatic carbocycles. The SMILES string of the molecule is N[C@@H]1CN(Cc2ccc(Cl)cc2)c2cc(-c3nnc(N4CCOC(C(F)F)C4)o3)ccc2S(=O)(=O)C1. The maximum Gasteiger partial charge on any atom is 0.318 e. The molecular weight excluding hydrogens is 516 g/mol. The van der Waals surface area contributed by atoms with Gasteiger partial charge < -0.3 is 24.7 Å². The summed E-state index contributed by atoms with van der Waals surface area (Å²) in [4.78, 5) is 3.63. The van der Waals surface area contributed by atoms with Gasteiger partial charge in [0.1, 0.15) is 6.10 Å². The lowest BCUT2D eigenvalue weighted by atomic mass is 10.1. The largest absolute Gasteiger partial charge is 0.403 e. The minimum absolute atomic E-state index is 0.0749.